The lowest BCUT2D eigenvalue weighted by atomic mass is 9.84. The lowest BCUT2D eigenvalue weighted by Crippen LogP contribution is -2.40. The van der Waals surface area contributed by atoms with E-state index < -0.39 is 0 Å². The number of hydrogen-bond acceptors (Lipinski definition) is 5. The van der Waals surface area contributed by atoms with E-state index in [1.807, 2.05) is 37.3 Å². The van der Waals surface area contributed by atoms with Gasteiger partial charge in [-0.25, -0.2) is 4.98 Å². The SMILES string of the molecule is COc1cccc(-c2noc3nc(C)cc(C(=O)N[C@@H](C)[C@H]4C[C@@H]5CC[C@@H]4C5)c23)c1. The standard InChI is InChI=1S/C24H27N3O3/c1-13-9-20(23(28)26-14(2)19-11-15-7-8-16(19)10-15)21-22(27-30-24(21)25-13)17-5-4-6-18(12-17)29-3/h4-6,9,12,14-16,19H,7-8,10-11H2,1-3H3,(H,26,28)/t14-,15+,16+,19+/m0/s1. The van der Waals surface area contributed by atoms with E-state index in [0.29, 0.717) is 28.3 Å². The molecule has 2 saturated carbocycles. The number of aryl methyl sites for hydroxylation is 1. The average Bonchev–Trinajstić information content (AvgIpc) is 3.48. The molecule has 2 heterocycles. The molecule has 3 aromatic rings. The molecule has 0 unspecified atom stereocenters. The second-order valence-corrected chi connectivity index (χ2v) is 8.86. The summed E-state index contributed by atoms with van der Waals surface area (Å²) in [6.45, 7) is 4.01. The molecule has 6 heteroatoms. The Bertz CT molecular complexity index is 1110. The van der Waals surface area contributed by atoms with Crippen LogP contribution in [0.3, 0.4) is 0 Å². The van der Waals surface area contributed by atoms with Crippen molar-refractivity contribution in [3.63, 3.8) is 0 Å². The first kappa shape index (κ1) is 19.1. The van der Waals surface area contributed by atoms with E-state index in [0.717, 1.165) is 28.8 Å². The summed E-state index contributed by atoms with van der Waals surface area (Å²) in [6, 6.07) is 9.56. The quantitative estimate of drug-likeness (QED) is 0.662. The smallest absolute Gasteiger partial charge is 0.259 e. The van der Waals surface area contributed by atoms with E-state index in [-0.39, 0.29) is 11.9 Å². The van der Waals surface area contributed by atoms with Crippen LogP contribution in [-0.2, 0) is 0 Å². The fourth-order valence-electron chi connectivity index (χ4n) is 5.52. The first-order valence-electron chi connectivity index (χ1n) is 10.8. The Morgan fingerprint density at radius 3 is 2.87 bits per heavy atom. The second kappa shape index (κ2) is 7.42. The molecule has 0 aliphatic heterocycles. The maximum atomic E-state index is 13.4. The van der Waals surface area contributed by atoms with E-state index in [1.54, 1.807) is 7.11 Å². The predicted molar refractivity (Wildman–Crippen MR) is 114 cm³/mol. The Labute approximate surface area is 176 Å². The highest BCUT2D eigenvalue weighted by molar-refractivity contribution is 6.09. The number of amides is 1. The van der Waals surface area contributed by atoms with Gasteiger partial charge in [0.05, 0.1) is 18.1 Å². The Balaban J connectivity index is 1.50. The lowest BCUT2D eigenvalue weighted by molar-refractivity contribution is 0.0917. The maximum absolute atomic E-state index is 13.4. The molecule has 30 heavy (non-hydrogen) atoms. The molecule has 5 rings (SSSR count). The number of carbonyl (C=O) groups is 1. The summed E-state index contributed by atoms with van der Waals surface area (Å²) in [6.07, 6.45) is 5.23. The summed E-state index contributed by atoms with van der Waals surface area (Å²) in [5.74, 6) is 2.82. The summed E-state index contributed by atoms with van der Waals surface area (Å²) in [5.41, 5.74) is 3.11. The van der Waals surface area contributed by atoms with Crippen molar-refractivity contribution in [1.29, 1.82) is 0 Å². The lowest BCUT2D eigenvalue weighted by Gasteiger charge is -2.28. The fourth-order valence-corrected chi connectivity index (χ4v) is 5.52. The molecule has 1 aromatic carbocycles. The van der Waals surface area contributed by atoms with Crippen molar-refractivity contribution in [2.24, 2.45) is 17.8 Å². The first-order valence-corrected chi connectivity index (χ1v) is 10.8. The molecule has 4 atom stereocenters. The summed E-state index contributed by atoms with van der Waals surface area (Å²) in [7, 11) is 1.63. The molecule has 2 bridgehead atoms. The number of ether oxygens (including phenoxy) is 1. The molecular formula is C24H27N3O3. The third-order valence-corrected chi connectivity index (χ3v) is 6.96. The van der Waals surface area contributed by atoms with Gasteiger partial charge in [-0.2, -0.15) is 0 Å². The van der Waals surface area contributed by atoms with Gasteiger partial charge in [0.15, 0.2) is 0 Å². The Morgan fingerprint density at radius 2 is 2.13 bits per heavy atom. The molecule has 1 amide bonds. The van der Waals surface area contributed by atoms with Gasteiger partial charge in [0.25, 0.3) is 11.6 Å². The molecule has 2 aliphatic carbocycles. The van der Waals surface area contributed by atoms with Crippen LogP contribution in [0.2, 0.25) is 0 Å². The molecule has 0 saturated heterocycles. The van der Waals surface area contributed by atoms with E-state index >= 15 is 0 Å². The van der Waals surface area contributed by atoms with Gasteiger partial charge in [-0.15, -0.1) is 0 Å². The van der Waals surface area contributed by atoms with Crippen LogP contribution < -0.4 is 10.1 Å². The minimum atomic E-state index is -0.0897. The highest BCUT2D eigenvalue weighted by Crippen LogP contribution is 2.49. The molecule has 0 radical (unpaired) electrons. The van der Waals surface area contributed by atoms with Crippen LogP contribution in [-0.4, -0.2) is 29.2 Å². The van der Waals surface area contributed by atoms with Crippen molar-refractivity contribution in [2.45, 2.75) is 45.6 Å². The summed E-state index contributed by atoms with van der Waals surface area (Å²) in [4.78, 5) is 17.8. The van der Waals surface area contributed by atoms with E-state index in [1.165, 1.54) is 25.7 Å². The van der Waals surface area contributed by atoms with E-state index in [2.05, 4.69) is 22.4 Å². The van der Waals surface area contributed by atoms with Gasteiger partial charge in [-0.05, 0) is 69.1 Å². The minimum Gasteiger partial charge on any atom is -0.497 e. The van der Waals surface area contributed by atoms with Crippen LogP contribution >= 0.6 is 0 Å². The van der Waals surface area contributed by atoms with Crippen LogP contribution in [0.5, 0.6) is 5.75 Å². The van der Waals surface area contributed by atoms with Crippen molar-refractivity contribution in [3.05, 3.63) is 41.6 Å². The number of carbonyl (C=O) groups excluding carboxylic acids is 1. The second-order valence-electron chi connectivity index (χ2n) is 8.86. The number of hydrogen-bond donors (Lipinski definition) is 1. The number of aromatic nitrogens is 2. The van der Waals surface area contributed by atoms with Gasteiger partial charge in [-0.3, -0.25) is 4.79 Å². The van der Waals surface area contributed by atoms with Crippen molar-refractivity contribution in [1.82, 2.24) is 15.5 Å². The van der Waals surface area contributed by atoms with Crippen molar-refractivity contribution in [2.75, 3.05) is 7.11 Å². The van der Waals surface area contributed by atoms with Crippen molar-refractivity contribution >= 4 is 17.0 Å². The van der Waals surface area contributed by atoms with Gasteiger partial charge in [0.1, 0.15) is 11.4 Å². The van der Waals surface area contributed by atoms with Crippen molar-refractivity contribution < 1.29 is 14.1 Å². The van der Waals surface area contributed by atoms with Gasteiger partial charge in [-0.1, -0.05) is 23.7 Å². The summed E-state index contributed by atoms with van der Waals surface area (Å²) >= 11 is 0. The van der Waals surface area contributed by atoms with Crippen LogP contribution in [0.15, 0.2) is 34.9 Å². The number of methoxy groups -OCH3 is 1. The largest absolute Gasteiger partial charge is 0.497 e. The van der Waals surface area contributed by atoms with Crippen LogP contribution in [0.1, 0.15) is 48.7 Å². The maximum Gasteiger partial charge on any atom is 0.259 e. The number of rotatable bonds is 5. The number of nitrogens with zero attached hydrogens (tertiary/aromatic N) is 2. The van der Waals surface area contributed by atoms with Gasteiger partial charge < -0.3 is 14.6 Å². The third kappa shape index (κ3) is 3.24. The predicted octanol–water partition coefficient (Wildman–Crippen LogP) is 4.76. The van der Waals surface area contributed by atoms with Crippen LogP contribution in [0.4, 0.5) is 0 Å². The van der Waals surface area contributed by atoms with Crippen molar-refractivity contribution in [3.8, 4) is 17.0 Å². The summed E-state index contributed by atoms with van der Waals surface area (Å²) < 4.78 is 10.9. The normalized spacial score (nSPS) is 23.6. The molecule has 0 spiro atoms. The average molecular weight is 405 g/mol. The molecule has 2 aromatic heterocycles. The number of pyridine rings is 1. The zero-order chi connectivity index (χ0) is 20.8. The summed E-state index contributed by atoms with van der Waals surface area (Å²) in [5, 5.41) is 8.16. The highest BCUT2D eigenvalue weighted by atomic mass is 16.5. The topological polar surface area (TPSA) is 77.2 Å². The van der Waals surface area contributed by atoms with E-state index in [4.69, 9.17) is 9.26 Å². The third-order valence-electron chi connectivity index (χ3n) is 6.96. The monoisotopic (exact) mass is 405 g/mol. The highest BCUT2D eigenvalue weighted by Gasteiger charge is 2.42. The Kier molecular flexibility index (Phi) is 4.72. The molecule has 1 N–H and O–H groups in total. The molecule has 2 aliphatic rings. The number of fused-ring (bicyclic) bond motifs is 3. The number of nitrogens with one attached hydrogen (secondary N) is 1. The Hall–Kier alpha value is -2.89. The van der Waals surface area contributed by atoms with Crippen LogP contribution in [0.25, 0.3) is 22.4 Å². The van der Waals surface area contributed by atoms with Crippen LogP contribution in [0, 0.1) is 24.7 Å². The molecule has 156 valence electrons. The van der Waals surface area contributed by atoms with Gasteiger partial charge in [0, 0.05) is 17.3 Å². The minimum absolute atomic E-state index is 0.0897. The zero-order valence-electron chi connectivity index (χ0n) is 17.6. The molecule has 6 nitrogen and oxygen atoms in total. The zero-order valence-corrected chi connectivity index (χ0v) is 17.6. The van der Waals surface area contributed by atoms with Gasteiger partial charge >= 0.3 is 0 Å². The first-order chi connectivity index (χ1) is 14.5. The fraction of sp³-hybridized carbons (Fsp3) is 0.458. The Morgan fingerprint density at radius 1 is 1.27 bits per heavy atom. The number of benzene rings is 1. The van der Waals surface area contributed by atoms with E-state index in [9.17, 15) is 4.79 Å². The van der Waals surface area contributed by atoms with Gasteiger partial charge in [0.2, 0.25) is 0 Å². The molecular weight excluding hydrogens is 378 g/mol. The molecule has 2 fully saturated rings.